The highest BCUT2D eigenvalue weighted by Gasteiger charge is 2.49. The smallest absolute Gasteiger partial charge is 0.407 e. The van der Waals surface area contributed by atoms with Gasteiger partial charge in [-0.2, -0.15) is 0 Å². The third-order valence-corrected chi connectivity index (χ3v) is 8.83. The molecule has 98 valence electrons. The summed E-state index contributed by atoms with van der Waals surface area (Å²) in [5, 5.41) is 3.04. The van der Waals surface area contributed by atoms with Gasteiger partial charge in [0, 0.05) is 0 Å². The van der Waals surface area contributed by atoms with Gasteiger partial charge in [-0.25, -0.2) is 4.79 Å². The molecule has 2 aliphatic rings. The van der Waals surface area contributed by atoms with Crippen LogP contribution in [0.2, 0.25) is 18.1 Å². The van der Waals surface area contributed by atoms with Gasteiger partial charge in [-0.1, -0.05) is 20.8 Å². The first-order valence-electron chi connectivity index (χ1n) is 6.36. The van der Waals surface area contributed by atoms with Crippen molar-refractivity contribution in [2.24, 2.45) is 0 Å². The summed E-state index contributed by atoms with van der Waals surface area (Å²) in [4.78, 5) is 11.2. The molecule has 3 atom stereocenters. The van der Waals surface area contributed by atoms with Gasteiger partial charge in [-0.15, -0.1) is 0 Å². The minimum absolute atomic E-state index is 0.0726. The van der Waals surface area contributed by atoms with Crippen LogP contribution in [0.15, 0.2) is 0 Å². The first kappa shape index (κ1) is 12.9. The number of ether oxygens (including phenoxy) is 1. The van der Waals surface area contributed by atoms with Gasteiger partial charge >= 0.3 is 6.09 Å². The maximum Gasteiger partial charge on any atom is 0.407 e. The van der Waals surface area contributed by atoms with Crippen LogP contribution < -0.4 is 5.32 Å². The van der Waals surface area contributed by atoms with Gasteiger partial charge < -0.3 is 14.5 Å². The van der Waals surface area contributed by atoms with Crippen LogP contribution in [-0.2, 0) is 9.16 Å². The molecule has 0 bridgehead atoms. The topological polar surface area (TPSA) is 47.6 Å². The molecule has 1 aliphatic carbocycles. The van der Waals surface area contributed by atoms with Crippen molar-refractivity contribution in [2.45, 2.75) is 70.0 Å². The predicted octanol–water partition coefficient (Wildman–Crippen LogP) is 2.65. The van der Waals surface area contributed by atoms with E-state index in [0.29, 0.717) is 0 Å². The van der Waals surface area contributed by atoms with E-state index in [1.54, 1.807) is 0 Å². The van der Waals surface area contributed by atoms with Gasteiger partial charge in [0.15, 0.2) is 8.32 Å². The molecule has 0 aromatic carbocycles. The van der Waals surface area contributed by atoms with Crippen LogP contribution >= 0.6 is 0 Å². The molecule has 1 unspecified atom stereocenters. The molecule has 1 N–H and O–H groups in total. The van der Waals surface area contributed by atoms with E-state index in [9.17, 15) is 4.79 Å². The van der Waals surface area contributed by atoms with E-state index in [1.807, 2.05) is 0 Å². The van der Waals surface area contributed by atoms with Crippen LogP contribution in [-0.4, -0.2) is 32.7 Å². The van der Waals surface area contributed by atoms with E-state index in [0.717, 1.165) is 12.8 Å². The molecule has 5 heteroatoms. The number of hydrogen-bond donors (Lipinski definition) is 1. The zero-order valence-corrected chi connectivity index (χ0v) is 12.4. The first-order valence-corrected chi connectivity index (χ1v) is 9.26. The second-order valence-electron chi connectivity index (χ2n) is 6.61. The molecule has 0 aromatic heterocycles. The van der Waals surface area contributed by atoms with Crippen molar-refractivity contribution >= 4 is 14.4 Å². The summed E-state index contributed by atoms with van der Waals surface area (Å²) < 4.78 is 11.7. The lowest BCUT2D eigenvalue weighted by atomic mass is 10.2. The monoisotopic (exact) mass is 257 g/mol. The van der Waals surface area contributed by atoms with Crippen molar-refractivity contribution < 1.29 is 14.0 Å². The fourth-order valence-electron chi connectivity index (χ4n) is 2.23. The number of nitrogens with one attached hydrogen (secondary N) is 1. The summed E-state index contributed by atoms with van der Waals surface area (Å²) in [6.45, 7) is 11.2. The molecule has 0 radical (unpaired) electrons. The van der Waals surface area contributed by atoms with E-state index in [2.05, 4.69) is 39.2 Å². The summed E-state index contributed by atoms with van der Waals surface area (Å²) >= 11 is 0. The summed E-state index contributed by atoms with van der Waals surface area (Å²) in [6.07, 6.45) is 1.68. The number of carbonyl (C=O) groups is 1. The third kappa shape index (κ3) is 2.35. The van der Waals surface area contributed by atoms with Crippen molar-refractivity contribution in [1.29, 1.82) is 0 Å². The highest BCUT2D eigenvalue weighted by atomic mass is 28.4. The summed E-state index contributed by atoms with van der Waals surface area (Å²) in [5.41, 5.74) is 0. The Morgan fingerprint density at radius 3 is 2.59 bits per heavy atom. The predicted molar refractivity (Wildman–Crippen MR) is 68.5 cm³/mol. The molecule has 1 amide bonds. The molecular weight excluding hydrogens is 234 g/mol. The average molecular weight is 257 g/mol. The normalized spacial score (nSPS) is 33.2. The Hall–Kier alpha value is -0.553. The Morgan fingerprint density at radius 1 is 1.35 bits per heavy atom. The van der Waals surface area contributed by atoms with Crippen LogP contribution in [0.25, 0.3) is 0 Å². The lowest BCUT2D eigenvalue weighted by Crippen LogP contribution is -2.46. The first-order chi connectivity index (χ1) is 7.71. The van der Waals surface area contributed by atoms with E-state index >= 15 is 0 Å². The van der Waals surface area contributed by atoms with Crippen LogP contribution in [0.3, 0.4) is 0 Å². The van der Waals surface area contributed by atoms with Gasteiger partial charge in [-0.05, 0) is 31.0 Å². The molecule has 1 saturated carbocycles. The number of hydrogen-bond acceptors (Lipinski definition) is 3. The van der Waals surface area contributed by atoms with Crippen LogP contribution in [0.5, 0.6) is 0 Å². The molecule has 1 saturated heterocycles. The van der Waals surface area contributed by atoms with E-state index in [4.69, 9.17) is 9.16 Å². The quantitative estimate of drug-likeness (QED) is 0.774. The number of carbonyl (C=O) groups excluding carboxylic acids is 1. The number of fused-ring (bicyclic) bond motifs is 1. The van der Waals surface area contributed by atoms with Gasteiger partial charge in [0.25, 0.3) is 0 Å². The van der Waals surface area contributed by atoms with Gasteiger partial charge in [-0.3, -0.25) is 0 Å². The van der Waals surface area contributed by atoms with Crippen molar-refractivity contribution in [3.8, 4) is 0 Å². The molecule has 1 heterocycles. The molecule has 1 aliphatic heterocycles. The minimum atomic E-state index is -1.77. The van der Waals surface area contributed by atoms with Crippen molar-refractivity contribution in [1.82, 2.24) is 5.32 Å². The second kappa shape index (κ2) is 3.98. The molecule has 2 fully saturated rings. The van der Waals surface area contributed by atoms with Crippen LogP contribution in [0.4, 0.5) is 4.79 Å². The largest absolute Gasteiger partial charge is 0.441 e. The van der Waals surface area contributed by atoms with Crippen molar-refractivity contribution in [3.05, 3.63) is 0 Å². The standard InChI is InChI=1S/C12H23NO3Si/c1-12(2,3)17(4,5)16-9-7-6-8-10(9)15-11(14)13-8/h8-10H,6-7H2,1-5H3,(H,13,14)/t8?,9-,10-/m1/s1. The van der Waals surface area contributed by atoms with Gasteiger partial charge in [0.1, 0.15) is 6.10 Å². The molecular formula is C12H23NO3Si. The highest BCUT2D eigenvalue weighted by Crippen LogP contribution is 2.40. The van der Waals surface area contributed by atoms with Crippen molar-refractivity contribution in [3.63, 3.8) is 0 Å². The third-order valence-electron chi connectivity index (χ3n) is 4.32. The second-order valence-corrected chi connectivity index (χ2v) is 11.4. The molecule has 0 aromatic rings. The van der Waals surface area contributed by atoms with Gasteiger partial charge in [0.05, 0.1) is 12.1 Å². The van der Waals surface area contributed by atoms with E-state index in [-0.39, 0.29) is 29.4 Å². The Balaban J connectivity index is 2.03. The Labute approximate surface area is 104 Å². The number of rotatable bonds is 2. The maximum atomic E-state index is 11.2. The van der Waals surface area contributed by atoms with E-state index in [1.165, 1.54) is 0 Å². The summed E-state index contributed by atoms with van der Waals surface area (Å²) in [5.74, 6) is 0. The molecule has 17 heavy (non-hydrogen) atoms. The molecule has 4 nitrogen and oxygen atoms in total. The highest BCUT2D eigenvalue weighted by molar-refractivity contribution is 6.74. The lowest BCUT2D eigenvalue weighted by molar-refractivity contribution is 0.0495. The Kier molecular flexibility index (Phi) is 3.02. The minimum Gasteiger partial charge on any atom is -0.441 e. The Morgan fingerprint density at radius 2 is 2.00 bits per heavy atom. The average Bonchev–Trinajstić information content (AvgIpc) is 2.65. The summed E-state index contributed by atoms with van der Waals surface area (Å²) in [6, 6.07) is 0.164. The van der Waals surface area contributed by atoms with Gasteiger partial charge in [0.2, 0.25) is 0 Å². The number of amides is 1. The summed E-state index contributed by atoms with van der Waals surface area (Å²) in [7, 11) is -1.77. The zero-order chi connectivity index (χ0) is 12.8. The van der Waals surface area contributed by atoms with Crippen LogP contribution in [0, 0.1) is 0 Å². The molecule has 2 rings (SSSR count). The van der Waals surface area contributed by atoms with E-state index < -0.39 is 8.32 Å². The molecule has 0 spiro atoms. The fraction of sp³-hybridized carbons (Fsp3) is 0.917. The Bertz CT molecular complexity index is 324. The SMILES string of the molecule is CC(C)(C)[Si](C)(C)O[C@@H]1CCC2NC(=O)O[C@H]21. The maximum absolute atomic E-state index is 11.2. The lowest BCUT2D eigenvalue weighted by Gasteiger charge is -2.39. The number of alkyl carbamates (subject to hydrolysis) is 1. The van der Waals surface area contributed by atoms with Crippen molar-refractivity contribution in [2.75, 3.05) is 0 Å². The fourth-order valence-corrected chi connectivity index (χ4v) is 3.60. The zero-order valence-electron chi connectivity index (χ0n) is 11.4. The van der Waals surface area contributed by atoms with Crippen LogP contribution in [0.1, 0.15) is 33.6 Å².